The van der Waals surface area contributed by atoms with E-state index in [2.05, 4.69) is 6.92 Å². The topological polar surface area (TPSA) is 63.3 Å². The summed E-state index contributed by atoms with van der Waals surface area (Å²) in [7, 11) is 0. The zero-order valence-electron chi connectivity index (χ0n) is 8.20. The lowest BCUT2D eigenvalue weighted by Crippen LogP contribution is -2.35. The Morgan fingerprint density at radius 2 is 2.31 bits per heavy atom. The summed E-state index contributed by atoms with van der Waals surface area (Å²) in [5.74, 6) is 0.379. The Bertz CT molecular complexity index is 182. The zero-order chi connectivity index (χ0) is 9.84. The Labute approximate surface area is 79.3 Å². The predicted octanol–water partition coefficient (Wildman–Crippen LogP) is 1.61. The van der Waals surface area contributed by atoms with E-state index in [-0.39, 0.29) is 12.5 Å². The summed E-state index contributed by atoms with van der Waals surface area (Å²) in [6.45, 7) is 2.22. The van der Waals surface area contributed by atoms with Gasteiger partial charge in [0.15, 0.2) is 0 Å². The molecule has 3 nitrogen and oxygen atoms in total. The van der Waals surface area contributed by atoms with Crippen LogP contribution in [0.2, 0.25) is 0 Å². The molecule has 1 fully saturated rings. The first-order valence-electron chi connectivity index (χ1n) is 5.07. The van der Waals surface area contributed by atoms with Crippen LogP contribution in [0.1, 0.15) is 39.0 Å². The zero-order valence-corrected chi connectivity index (χ0v) is 8.20. The van der Waals surface area contributed by atoms with E-state index in [4.69, 9.17) is 10.8 Å². The van der Waals surface area contributed by atoms with E-state index in [9.17, 15) is 4.79 Å². The van der Waals surface area contributed by atoms with Crippen LogP contribution in [0.15, 0.2) is 0 Å². The van der Waals surface area contributed by atoms with Gasteiger partial charge >= 0.3 is 5.97 Å². The van der Waals surface area contributed by atoms with E-state index >= 15 is 0 Å². The maximum Gasteiger partial charge on any atom is 0.304 e. The predicted molar refractivity (Wildman–Crippen MR) is 51.4 cm³/mol. The number of carboxylic acids is 1. The molecule has 0 spiro atoms. The van der Waals surface area contributed by atoms with E-state index in [0.29, 0.717) is 5.92 Å². The van der Waals surface area contributed by atoms with Gasteiger partial charge in [-0.15, -0.1) is 0 Å². The molecule has 1 aliphatic rings. The SMILES string of the molecule is CC1CCCC(C(N)CC(=O)O)C1. The maximum absolute atomic E-state index is 10.5. The van der Waals surface area contributed by atoms with Gasteiger partial charge in [-0.1, -0.05) is 19.8 Å². The third-order valence-electron chi connectivity index (χ3n) is 2.99. The molecule has 0 amide bonds. The number of rotatable bonds is 3. The first-order chi connectivity index (χ1) is 6.09. The smallest absolute Gasteiger partial charge is 0.304 e. The molecule has 3 N–H and O–H groups in total. The normalized spacial score (nSPS) is 31.2. The molecule has 0 aliphatic heterocycles. The number of hydrogen-bond donors (Lipinski definition) is 2. The molecule has 0 heterocycles. The van der Waals surface area contributed by atoms with Crippen LogP contribution in [0.25, 0.3) is 0 Å². The van der Waals surface area contributed by atoms with Crippen LogP contribution < -0.4 is 5.73 Å². The Hall–Kier alpha value is -0.570. The molecule has 0 aromatic carbocycles. The fraction of sp³-hybridized carbons (Fsp3) is 0.900. The summed E-state index contributed by atoms with van der Waals surface area (Å²) in [4.78, 5) is 10.5. The van der Waals surface area contributed by atoms with Gasteiger partial charge < -0.3 is 10.8 Å². The van der Waals surface area contributed by atoms with E-state index in [1.54, 1.807) is 0 Å². The quantitative estimate of drug-likeness (QED) is 0.702. The van der Waals surface area contributed by atoms with Crippen molar-refractivity contribution in [1.82, 2.24) is 0 Å². The number of nitrogens with two attached hydrogens (primary N) is 1. The summed E-state index contributed by atoms with van der Waals surface area (Å²) >= 11 is 0. The molecule has 1 aliphatic carbocycles. The van der Waals surface area contributed by atoms with Gasteiger partial charge in [0.2, 0.25) is 0 Å². The number of aliphatic carboxylic acids is 1. The van der Waals surface area contributed by atoms with Gasteiger partial charge in [-0.25, -0.2) is 0 Å². The second kappa shape index (κ2) is 4.61. The molecule has 0 aromatic rings. The van der Waals surface area contributed by atoms with Crippen LogP contribution in [0.3, 0.4) is 0 Å². The van der Waals surface area contributed by atoms with Gasteiger partial charge in [0.25, 0.3) is 0 Å². The van der Waals surface area contributed by atoms with Crippen LogP contribution >= 0.6 is 0 Å². The molecule has 76 valence electrons. The van der Waals surface area contributed by atoms with Gasteiger partial charge in [-0.3, -0.25) is 4.79 Å². The summed E-state index contributed by atoms with van der Waals surface area (Å²) in [5.41, 5.74) is 5.83. The van der Waals surface area contributed by atoms with Crippen LogP contribution in [-0.2, 0) is 4.79 Å². The highest BCUT2D eigenvalue weighted by molar-refractivity contribution is 5.67. The lowest BCUT2D eigenvalue weighted by Gasteiger charge is -2.30. The van der Waals surface area contributed by atoms with Gasteiger partial charge in [-0.2, -0.15) is 0 Å². The Morgan fingerprint density at radius 3 is 2.85 bits per heavy atom. The fourth-order valence-corrected chi connectivity index (χ4v) is 2.24. The molecule has 3 heteroatoms. The van der Waals surface area contributed by atoms with E-state index in [1.165, 1.54) is 12.8 Å². The van der Waals surface area contributed by atoms with E-state index in [0.717, 1.165) is 18.8 Å². The molecule has 0 aromatic heterocycles. The minimum absolute atomic E-state index is 0.122. The molecule has 0 bridgehead atoms. The van der Waals surface area contributed by atoms with E-state index in [1.807, 2.05) is 0 Å². The standard InChI is InChI=1S/C10H19NO2/c1-7-3-2-4-8(5-7)9(11)6-10(12)13/h7-9H,2-6,11H2,1H3,(H,12,13). The monoisotopic (exact) mass is 185 g/mol. The maximum atomic E-state index is 10.5. The van der Waals surface area contributed by atoms with Crippen LogP contribution in [0.4, 0.5) is 0 Å². The minimum atomic E-state index is -0.772. The Kier molecular flexibility index (Phi) is 3.72. The van der Waals surface area contributed by atoms with Crippen LogP contribution in [0, 0.1) is 11.8 Å². The van der Waals surface area contributed by atoms with Crippen molar-refractivity contribution in [1.29, 1.82) is 0 Å². The van der Waals surface area contributed by atoms with Crippen molar-refractivity contribution >= 4 is 5.97 Å². The fourth-order valence-electron chi connectivity index (χ4n) is 2.24. The molecule has 1 saturated carbocycles. The molecule has 1 rings (SSSR count). The van der Waals surface area contributed by atoms with Crippen molar-refractivity contribution in [2.45, 2.75) is 45.1 Å². The average Bonchev–Trinajstić information content (AvgIpc) is 2.03. The van der Waals surface area contributed by atoms with Crippen molar-refractivity contribution in [3.63, 3.8) is 0 Å². The summed E-state index contributed by atoms with van der Waals surface area (Å²) in [6, 6.07) is -0.139. The van der Waals surface area contributed by atoms with Crippen LogP contribution in [0.5, 0.6) is 0 Å². The third kappa shape index (κ3) is 3.35. The molecule has 0 saturated heterocycles. The summed E-state index contributed by atoms with van der Waals surface area (Å²) < 4.78 is 0. The third-order valence-corrected chi connectivity index (χ3v) is 2.99. The second-order valence-corrected chi connectivity index (χ2v) is 4.29. The van der Waals surface area contributed by atoms with Crippen molar-refractivity contribution < 1.29 is 9.90 Å². The molecule has 3 atom stereocenters. The lowest BCUT2D eigenvalue weighted by atomic mass is 9.78. The summed E-state index contributed by atoms with van der Waals surface area (Å²) in [6.07, 6.45) is 4.82. The molecular weight excluding hydrogens is 166 g/mol. The van der Waals surface area contributed by atoms with Gasteiger partial charge in [0.05, 0.1) is 6.42 Å². The largest absolute Gasteiger partial charge is 0.481 e. The van der Waals surface area contributed by atoms with Crippen molar-refractivity contribution in [2.75, 3.05) is 0 Å². The number of carboxylic acid groups (broad SMARTS) is 1. The van der Waals surface area contributed by atoms with Crippen molar-refractivity contribution in [3.8, 4) is 0 Å². The van der Waals surface area contributed by atoms with E-state index < -0.39 is 5.97 Å². The first kappa shape index (κ1) is 10.5. The Balaban J connectivity index is 2.36. The second-order valence-electron chi connectivity index (χ2n) is 4.29. The number of carbonyl (C=O) groups is 1. The molecule has 13 heavy (non-hydrogen) atoms. The van der Waals surface area contributed by atoms with Crippen molar-refractivity contribution in [3.05, 3.63) is 0 Å². The highest BCUT2D eigenvalue weighted by Gasteiger charge is 2.25. The van der Waals surface area contributed by atoms with Gasteiger partial charge in [0.1, 0.15) is 0 Å². The first-order valence-corrected chi connectivity index (χ1v) is 5.07. The van der Waals surface area contributed by atoms with Gasteiger partial charge in [-0.05, 0) is 24.7 Å². The molecular formula is C10H19NO2. The highest BCUT2D eigenvalue weighted by atomic mass is 16.4. The van der Waals surface area contributed by atoms with Crippen LogP contribution in [-0.4, -0.2) is 17.1 Å². The minimum Gasteiger partial charge on any atom is -0.481 e. The Morgan fingerprint density at radius 1 is 1.62 bits per heavy atom. The molecule has 0 radical (unpaired) electrons. The summed E-state index contributed by atoms with van der Waals surface area (Å²) in [5, 5.41) is 8.60. The average molecular weight is 185 g/mol. The van der Waals surface area contributed by atoms with Crippen molar-refractivity contribution in [2.24, 2.45) is 17.6 Å². The van der Waals surface area contributed by atoms with Gasteiger partial charge in [0, 0.05) is 6.04 Å². The number of hydrogen-bond acceptors (Lipinski definition) is 2. The lowest BCUT2D eigenvalue weighted by molar-refractivity contribution is -0.137. The highest BCUT2D eigenvalue weighted by Crippen LogP contribution is 2.30. The molecule has 3 unspecified atom stereocenters.